The molecule has 6 nitrogen and oxygen atoms in total. The van der Waals surface area contributed by atoms with Crippen LogP contribution in [-0.4, -0.2) is 14.5 Å². The second-order valence-corrected chi connectivity index (χ2v) is 3.02. The Kier molecular flexibility index (Phi) is 2.36. The van der Waals surface area contributed by atoms with Crippen LogP contribution in [0, 0.1) is 21.4 Å². The number of para-hydroxylation sites is 2. The van der Waals surface area contributed by atoms with Gasteiger partial charge in [0.1, 0.15) is 18.1 Å². The third kappa shape index (κ3) is 1.62. The Labute approximate surface area is 90.5 Å². The molecule has 16 heavy (non-hydrogen) atoms. The fourth-order valence-corrected chi connectivity index (χ4v) is 1.35. The highest BCUT2D eigenvalue weighted by Crippen LogP contribution is 2.21. The van der Waals surface area contributed by atoms with Crippen LogP contribution in [0.25, 0.3) is 5.69 Å². The predicted octanol–water partition coefficient (Wildman–Crippen LogP) is 1.65. The van der Waals surface area contributed by atoms with E-state index in [4.69, 9.17) is 5.26 Å². The van der Waals surface area contributed by atoms with Gasteiger partial charge < -0.3 is 0 Å². The van der Waals surface area contributed by atoms with Gasteiger partial charge in [-0.25, -0.2) is 4.98 Å². The van der Waals surface area contributed by atoms with Crippen molar-refractivity contribution in [2.45, 2.75) is 0 Å². The summed E-state index contributed by atoms with van der Waals surface area (Å²) in [5.41, 5.74) is 0.587. The number of nitro benzene ring substituents is 1. The van der Waals surface area contributed by atoms with E-state index < -0.39 is 4.92 Å². The summed E-state index contributed by atoms with van der Waals surface area (Å²) in [6.07, 6.45) is 2.82. The summed E-state index contributed by atoms with van der Waals surface area (Å²) in [4.78, 5) is 14.1. The summed E-state index contributed by atoms with van der Waals surface area (Å²) in [7, 11) is 0. The Morgan fingerprint density at radius 1 is 1.44 bits per heavy atom. The number of aromatic nitrogens is 2. The average Bonchev–Trinajstić information content (AvgIpc) is 2.77. The van der Waals surface area contributed by atoms with E-state index in [1.54, 1.807) is 18.2 Å². The third-order valence-corrected chi connectivity index (χ3v) is 2.05. The van der Waals surface area contributed by atoms with Gasteiger partial charge in [-0.3, -0.25) is 14.7 Å². The first-order valence-electron chi connectivity index (χ1n) is 4.40. The van der Waals surface area contributed by atoms with Gasteiger partial charge in [0, 0.05) is 12.3 Å². The van der Waals surface area contributed by atoms with Gasteiger partial charge in [-0.1, -0.05) is 12.1 Å². The SMILES string of the molecule is N#Cc1cn(-c2ccccc2[N+](=O)[O-])cn1. The number of nitriles is 1. The van der Waals surface area contributed by atoms with Crippen LogP contribution in [0.15, 0.2) is 36.8 Å². The first-order valence-corrected chi connectivity index (χ1v) is 4.40. The number of nitrogens with zero attached hydrogens (tertiary/aromatic N) is 4. The molecule has 0 atom stereocenters. The summed E-state index contributed by atoms with van der Waals surface area (Å²) in [5, 5.41) is 19.4. The van der Waals surface area contributed by atoms with E-state index in [2.05, 4.69) is 4.98 Å². The van der Waals surface area contributed by atoms with E-state index in [9.17, 15) is 10.1 Å². The smallest absolute Gasteiger partial charge is 0.293 e. The maximum Gasteiger partial charge on any atom is 0.293 e. The summed E-state index contributed by atoms with van der Waals surface area (Å²) in [5.74, 6) is 0. The van der Waals surface area contributed by atoms with Gasteiger partial charge in [0.05, 0.1) is 4.92 Å². The molecule has 0 unspecified atom stereocenters. The second kappa shape index (κ2) is 3.82. The Balaban J connectivity index is 2.56. The fraction of sp³-hybridized carbons (Fsp3) is 0. The van der Waals surface area contributed by atoms with Gasteiger partial charge in [-0.2, -0.15) is 5.26 Å². The Morgan fingerprint density at radius 2 is 2.19 bits per heavy atom. The highest BCUT2D eigenvalue weighted by atomic mass is 16.6. The molecule has 0 aliphatic rings. The predicted molar refractivity (Wildman–Crippen MR) is 54.9 cm³/mol. The van der Waals surface area contributed by atoms with Crippen molar-refractivity contribution in [3.05, 3.63) is 52.6 Å². The number of nitro groups is 1. The summed E-state index contributed by atoms with van der Waals surface area (Å²) in [6, 6.07) is 8.14. The lowest BCUT2D eigenvalue weighted by Gasteiger charge is -2.01. The van der Waals surface area contributed by atoms with Crippen molar-refractivity contribution in [2.24, 2.45) is 0 Å². The molecule has 0 saturated carbocycles. The maximum atomic E-state index is 10.8. The van der Waals surface area contributed by atoms with Gasteiger partial charge >= 0.3 is 0 Å². The van der Waals surface area contributed by atoms with E-state index in [0.29, 0.717) is 5.69 Å². The quantitative estimate of drug-likeness (QED) is 0.562. The molecular weight excluding hydrogens is 208 g/mol. The molecule has 0 saturated heterocycles. The summed E-state index contributed by atoms with van der Waals surface area (Å²) in [6.45, 7) is 0. The lowest BCUT2D eigenvalue weighted by molar-refractivity contribution is -0.384. The molecule has 0 N–H and O–H groups in total. The van der Waals surface area contributed by atoms with Gasteiger partial charge in [0.2, 0.25) is 0 Å². The van der Waals surface area contributed by atoms with Crippen molar-refractivity contribution in [1.29, 1.82) is 5.26 Å². The van der Waals surface area contributed by atoms with Crippen molar-refractivity contribution < 1.29 is 4.92 Å². The van der Waals surface area contributed by atoms with Crippen molar-refractivity contribution in [3.63, 3.8) is 0 Å². The number of hydrogen-bond acceptors (Lipinski definition) is 4. The van der Waals surface area contributed by atoms with Crippen LogP contribution in [0.4, 0.5) is 5.69 Å². The molecular formula is C10H6N4O2. The average molecular weight is 214 g/mol. The normalized spacial score (nSPS) is 9.69. The number of rotatable bonds is 2. The highest BCUT2D eigenvalue weighted by Gasteiger charge is 2.14. The molecule has 1 aromatic carbocycles. The van der Waals surface area contributed by atoms with Gasteiger partial charge in [-0.05, 0) is 6.07 Å². The molecule has 0 fully saturated rings. The molecule has 0 bridgehead atoms. The third-order valence-electron chi connectivity index (χ3n) is 2.05. The Bertz CT molecular complexity index is 583. The first-order chi connectivity index (χ1) is 7.72. The minimum absolute atomic E-state index is 0.0237. The molecule has 1 aromatic heterocycles. The number of benzene rings is 1. The van der Waals surface area contributed by atoms with Gasteiger partial charge in [-0.15, -0.1) is 0 Å². The lowest BCUT2D eigenvalue weighted by Crippen LogP contribution is -1.97. The zero-order valence-corrected chi connectivity index (χ0v) is 8.07. The highest BCUT2D eigenvalue weighted by molar-refractivity contribution is 5.52. The second-order valence-electron chi connectivity index (χ2n) is 3.02. The van der Waals surface area contributed by atoms with E-state index >= 15 is 0 Å². The molecule has 6 heteroatoms. The molecule has 0 radical (unpaired) electrons. The fourth-order valence-electron chi connectivity index (χ4n) is 1.35. The largest absolute Gasteiger partial charge is 0.299 e. The van der Waals surface area contributed by atoms with E-state index in [1.807, 2.05) is 6.07 Å². The summed E-state index contributed by atoms with van der Waals surface area (Å²) >= 11 is 0. The summed E-state index contributed by atoms with van der Waals surface area (Å²) < 4.78 is 1.46. The minimum Gasteiger partial charge on any atom is -0.299 e. The van der Waals surface area contributed by atoms with Crippen LogP contribution in [0.1, 0.15) is 5.69 Å². The first kappa shape index (κ1) is 9.86. The number of hydrogen-bond donors (Lipinski definition) is 0. The van der Waals surface area contributed by atoms with E-state index in [1.165, 1.54) is 23.2 Å². The monoisotopic (exact) mass is 214 g/mol. The molecule has 2 aromatic rings. The zero-order valence-electron chi connectivity index (χ0n) is 8.07. The molecule has 0 aliphatic heterocycles. The van der Waals surface area contributed by atoms with Crippen LogP contribution in [0.2, 0.25) is 0 Å². The topological polar surface area (TPSA) is 84.8 Å². The van der Waals surface area contributed by atoms with Crippen molar-refractivity contribution in [1.82, 2.24) is 9.55 Å². The van der Waals surface area contributed by atoms with Crippen molar-refractivity contribution in [3.8, 4) is 11.8 Å². The van der Waals surface area contributed by atoms with Gasteiger partial charge in [0.25, 0.3) is 5.69 Å². The minimum atomic E-state index is -0.471. The molecule has 0 aliphatic carbocycles. The van der Waals surface area contributed by atoms with E-state index in [-0.39, 0.29) is 11.4 Å². The Hall–Kier alpha value is -2.68. The molecule has 0 spiro atoms. The van der Waals surface area contributed by atoms with Crippen LogP contribution < -0.4 is 0 Å². The standard InChI is InChI=1S/C10H6N4O2/c11-5-8-6-13(7-12-8)9-3-1-2-4-10(9)14(15)16/h1-4,6-7H. The maximum absolute atomic E-state index is 10.8. The molecule has 1 heterocycles. The molecule has 0 amide bonds. The van der Waals surface area contributed by atoms with Gasteiger partial charge in [0.15, 0.2) is 5.69 Å². The lowest BCUT2D eigenvalue weighted by atomic mass is 10.2. The number of imidazole rings is 1. The Morgan fingerprint density at radius 3 is 2.81 bits per heavy atom. The van der Waals surface area contributed by atoms with Crippen molar-refractivity contribution >= 4 is 5.69 Å². The van der Waals surface area contributed by atoms with Crippen LogP contribution >= 0.6 is 0 Å². The van der Waals surface area contributed by atoms with Crippen LogP contribution in [-0.2, 0) is 0 Å². The zero-order chi connectivity index (χ0) is 11.5. The van der Waals surface area contributed by atoms with Crippen LogP contribution in [0.5, 0.6) is 0 Å². The van der Waals surface area contributed by atoms with E-state index in [0.717, 1.165) is 0 Å². The molecule has 78 valence electrons. The molecule has 2 rings (SSSR count). The van der Waals surface area contributed by atoms with Crippen molar-refractivity contribution in [2.75, 3.05) is 0 Å². The van der Waals surface area contributed by atoms with Crippen LogP contribution in [0.3, 0.4) is 0 Å².